The number of nitrogens with zero attached hydrogens (tertiary/aromatic N) is 1. The molecule has 0 bridgehead atoms. The number of nitrogens with two attached hydrogens (primary N) is 1. The second-order valence-electron chi connectivity index (χ2n) is 4.65. The van der Waals surface area contributed by atoms with Gasteiger partial charge in [0.2, 0.25) is 5.91 Å². The van der Waals surface area contributed by atoms with Crippen molar-refractivity contribution in [1.29, 1.82) is 0 Å². The van der Waals surface area contributed by atoms with Crippen molar-refractivity contribution in [3.8, 4) is 0 Å². The van der Waals surface area contributed by atoms with Crippen LogP contribution in [0.4, 0.5) is 0 Å². The number of nitrogens with one attached hydrogen (secondary N) is 1. The second kappa shape index (κ2) is 4.94. The number of likely N-dealkylation sites (tertiary alicyclic amines) is 1. The fourth-order valence-electron chi connectivity index (χ4n) is 2.50. The molecule has 1 amide bonds. The molecule has 0 aromatic heterocycles. The van der Waals surface area contributed by atoms with Gasteiger partial charge in [-0.05, 0) is 44.7 Å². The molecular weight excluding hydrogens is 190 g/mol. The van der Waals surface area contributed by atoms with Crippen LogP contribution in [0.2, 0.25) is 0 Å². The van der Waals surface area contributed by atoms with Gasteiger partial charge in [0, 0.05) is 13.1 Å². The standard InChI is InChI=1S/C11H21N3O/c12-8-9-3-6-14(7-4-9)11(15)10-2-1-5-13-10/h9-10,13H,1-8,12H2. The first kappa shape index (κ1) is 10.9. The van der Waals surface area contributed by atoms with Crippen LogP contribution in [-0.2, 0) is 4.79 Å². The fourth-order valence-corrected chi connectivity index (χ4v) is 2.50. The van der Waals surface area contributed by atoms with E-state index in [0.717, 1.165) is 51.9 Å². The van der Waals surface area contributed by atoms with E-state index in [0.29, 0.717) is 11.8 Å². The quantitative estimate of drug-likeness (QED) is 0.672. The Morgan fingerprint density at radius 2 is 2.07 bits per heavy atom. The van der Waals surface area contributed by atoms with Gasteiger partial charge >= 0.3 is 0 Å². The van der Waals surface area contributed by atoms with Gasteiger partial charge < -0.3 is 16.0 Å². The first-order chi connectivity index (χ1) is 7.31. The lowest BCUT2D eigenvalue weighted by molar-refractivity contribution is -0.134. The van der Waals surface area contributed by atoms with Crippen LogP contribution in [0.25, 0.3) is 0 Å². The molecule has 1 atom stereocenters. The highest BCUT2D eigenvalue weighted by Crippen LogP contribution is 2.18. The Hall–Kier alpha value is -0.610. The van der Waals surface area contributed by atoms with Crippen LogP contribution in [0.15, 0.2) is 0 Å². The van der Waals surface area contributed by atoms with E-state index in [9.17, 15) is 4.79 Å². The van der Waals surface area contributed by atoms with Crippen LogP contribution in [0.1, 0.15) is 25.7 Å². The van der Waals surface area contributed by atoms with Crippen molar-refractivity contribution in [1.82, 2.24) is 10.2 Å². The predicted molar refractivity (Wildman–Crippen MR) is 59.4 cm³/mol. The number of carbonyl (C=O) groups excluding carboxylic acids is 1. The Morgan fingerprint density at radius 3 is 2.60 bits per heavy atom. The number of piperidine rings is 1. The van der Waals surface area contributed by atoms with Gasteiger partial charge in [-0.15, -0.1) is 0 Å². The molecule has 86 valence electrons. The van der Waals surface area contributed by atoms with Crippen molar-refractivity contribution >= 4 is 5.91 Å². The van der Waals surface area contributed by atoms with Gasteiger partial charge in [0.15, 0.2) is 0 Å². The molecule has 15 heavy (non-hydrogen) atoms. The Kier molecular flexibility index (Phi) is 3.59. The fraction of sp³-hybridized carbons (Fsp3) is 0.909. The number of amides is 1. The maximum Gasteiger partial charge on any atom is 0.239 e. The van der Waals surface area contributed by atoms with Crippen molar-refractivity contribution in [2.24, 2.45) is 11.7 Å². The molecule has 4 heteroatoms. The Morgan fingerprint density at radius 1 is 1.33 bits per heavy atom. The zero-order chi connectivity index (χ0) is 10.7. The summed E-state index contributed by atoms with van der Waals surface area (Å²) in [5.41, 5.74) is 5.63. The summed E-state index contributed by atoms with van der Waals surface area (Å²) in [5, 5.41) is 3.26. The minimum absolute atomic E-state index is 0.0967. The van der Waals surface area contributed by atoms with Crippen molar-refractivity contribution in [3.63, 3.8) is 0 Å². The topological polar surface area (TPSA) is 58.4 Å². The summed E-state index contributed by atoms with van der Waals surface area (Å²) in [6.07, 6.45) is 4.30. The second-order valence-corrected chi connectivity index (χ2v) is 4.65. The maximum absolute atomic E-state index is 12.0. The Bertz CT molecular complexity index is 218. The molecule has 4 nitrogen and oxygen atoms in total. The van der Waals surface area contributed by atoms with Gasteiger partial charge in [0.25, 0.3) is 0 Å². The van der Waals surface area contributed by atoms with Gasteiger partial charge in [0.05, 0.1) is 6.04 Å². The third kappa shape index (κ3) is 2.49. The maximum atomic E-state index is 12.0. The molecule has 2 rings (SSSR count). The number of rotatable bonds is 2. The molecule has 0 spiro atoms. The molecule has 0 aromatic carbocycles. The van der Waals surface area contributed by atoms with E-state index in [1.54, 1.807) is 0 Å². The van der Waals surface area contributed by atoms with Crippen molar-refractivity contribution < 1.29 is 4.79 Å². The first-order valence-electron chi connectivity index (χ1n) is 6.03. The summed E-state index contributed by atoms with van der Waals surface area (Å²) in [5.74, 6) is 0.938. The van der Waals surface area contributed by atoms with Crippen LogP contribution in [-0.4, -0.2) is 43.0 Å². The summed E-state index contributed by atoms with van der Waals surface area (Å²) in [6.45, 7) is 3.57. The predicted octanol–water partition coefficient (Wildman–Crippen LogP) is -0.0643. The van der Waals surface area contributed by atoms with Gasteiger partial charge in [0.1, 0.15) is 0 Å². The number of hydrogen-bond donors (Lipinski definition) is 2. The van der Waals surface area contributed by atoms with Crippen molar-refractivity contribution in [2.45, 2.75) is 31.7 Å². The SMILES string of the molecule is NCC1CCN(C(=O)C2CCCN2)CC1. The lowest BCUT2D eigenvalue weighted by Gasteiger charge is -2.33. The zero-order valence-electron chi connectivity index (χ0n) is 9.24. The molecular formula is C11H21N3O. The minimum Gasteiger partial charge on any atom is -0.341 e. The van der Waals surface area contributed by atoms with Crippen LogP contribution in [0.3, 0.4) is 0 Å². The van der Waals surface area contributed by atoms with E-state index >= 15 is 0 Å². The summed E-state index contributed by atoms with van der Waals surface area (Å²) in [4.78, 5) is 14.0. The molecule has 2 aliphatic heterocycles. The number of carbonyl (C=O) groups is 1. The normalized spacial score (nSPS) is 28.3. The first-order valence-corrected chi connectivity index (χ1v) is 6.03. The summed E-state index contributed by atoms with van der Waals surface area (Å²) >= 11 is 0. The highest BCUT2D eigenvalue weighted by atomic mass is 16.2. The van der Waals surface area contributed by atoms with Gasteiger partial charge in [-0.2, -0.15) is 0 Å². The minimum atomic E-state index is 0.0967. The van der Waals surface area contributed by atoms with Crippen molar-refractivity contribution in [2.75, 3.05) is 26.2 Å². The zero-order valence-corrected chi connectivity index (χ0v) is 9.24. The van der Waals surface area contributed by atoms with E-state index in [2.05, 4.69) is 5.32 Å². The molecule has 2 aliphatic rings. The van der Waals surface area contributed by atoms with Crippen LogP contribution in [0, 0.1) is 5.92 Å². The largest absolute Gasteiger partial charge is 0.341 e. The van der Waals surface area contributed by atoms with Crippen molar-refractivity contribution in [3.05, 3.63) is 0 Å². The Balaban J connectivity index is 1.81. The lowest BCUT2D eigenvalue weighted by atomic mass is 9.96. The molecule has 2 saturated heterocycles. The average molecular weight is 211 g/mol. The van der Waals surface area contributed by atoms with E-state index in [4.69, 9.17) is 5.73 Å². The molecule has 0 aromatic rings. The molecule has 0 saturated carbocycles. The highest BCUT2D eigenvalue weighted by molar-refractivity contribution is 5.82. The smallest absolute Gasteiger partial charge is 0.239 e. The summed E-state index contributed by atoms with van der Waals surface area (Å²) in [6, 6.07) is 0.0967. The average Bonchev–Trinajstić information content (AvgIpc) is 2.82. The summed E-state index contributed by atoms with van der Waals surface area (Å²) < 4.78 is 0. The van der Waals surface area contributed by atoms with Gasteiger partial charge in [-0.3, -0.25) is 4.79 Å². The third-order valence-corrected chi connectivity index (χ3v) is 3.62. The summed E-state index contributed by atoms with van der Waals surface area (Å²) in [7, 11) is 0. The van der Waals surface area contributed by atoms with E-state index < -0.39 is 0 Å². The van der Waals surface area contributed by atoms with Gasteiger partial charge in [-0.25, -0.2) is 0 Å². The van der Waals surface area contributed by atoms with Crippen LogP contribution in [0.5, 0.6) is 0 Å². The van der Waals surface area contributed by atoms with E-state index in [-0.39, 0.29) is 6.04 Å². The van der Waals surface area contributed by atoms with Crippen LogP contribution < -0.4 is 11.1 Å². The molecule has 2 heterocycles. The molecule has 0 radical (unpaired) electrons. The molecule has 2 fully saturated rings. The Labute approximate surface area is 91.2 Å². The highest BCUT2D eigenvalue weighted by Gasteiger charge is 2.29. The van der Waals surface area contributed by atoms with E-state index in [1.807, 2.05) is 4.90 Å². The van der Waals surface area contributed by atoms with Crippen LogP contribution >= 0.6 is 0 Å². The monoisotopic (exact) mass is 211 g/mol. The number of hydrogen-bond acceptors (Lipinski definition) is 3. The lowest BCUT2D eigenvalue weighted by Crippen LogP contribution is -2.47. The van der Waals surface area contributed by atoms with E-state index in [1.165, 1.54) is 0 Å². The molecule has 3 N–H and O–H groups in total. The molecule has 0 aliphatic carbocycles. The third-order valence-electron chi connectivity index (χ3n) is 3.62. The van der Waals surface area contributed by atoms with Gasteiger partial charge in [-0.1, -0.05) is 0 Å². The molecule has 1 unspecified atom stereocenters.